The highest BCUT2D eigenvalue weighted by molar-refractivity contribution is 8.00. The van der Waals surface area contributed by atoms with Gasteiger partial charge in [-0.1, -0.05) is 42.1 Å². The lowest BCUT2D eigenvalue weighted by Crippen LogP contribution is -2.21. The molecule has 0 aliphatic carbocycles. The van der Waals surface area contributed by atoms with Gasteiger partial charge in [-0.3, -0.25) is 0 Å². The van der Waals surface area contributed by atoms with Crippen molar-refractivity contribution in [3.05, 3.63) is 41.7 Å². The maximum absolute atomic E-state index is 4.64. The zero-order chi connectivity index (χ0) is 11.8. The molecule has 1 aliphatic rings. The minimum atomic E-state index is 0.300. The summed E-state index contributed by atoms with van der Waals surface area (Å²) in [6.45, 7) is 4.06. The van der Waals surface area contributed by atoms with E-state index in [-0.39, 0.29) is 0 Å². The van der Waals surface area contributed by atoms with Crippen molar-refractivity contribution < 1.29 is 0 Å². The van der Waals surface area contributed by atoms with Crippen molar-refractivity contribution in [1.82, 2.24) is 14.9 Å². The number of aryl methyl sites for hydroxylation is 1. The summed E-state index contributed by atoms with van der Waals surface area (Å²) in [4.78, 5) is 0. The molecule has 0 radical (unpaired) electrons. The second-order valence-corrected chi connectivity index (χ2v) is 5.26. The van der Waals surface area contributed by atoms with Crippen molar-refractivity contribution in [3.63, 3.8) is 0 Å². The van der Waals surface area contributed by atoms with Crippen molar-refractivity contribution in [1.29, 1.82) is 0 Å². The van der Waals surface area contributed by atoms with E-state index in [1.54, 1.807) is 11.8 Å². The fourth-order valence-corrected chi connectivity index (χ4v) is 2.80. The Labute approximate surface area is 104 Å². The molecule has 5 heteroatoms. The lowest BCUT2D eigenvalue weighted by atomic mass is 10.1. The molecule has 1 atom stereocenters. The molecule has 2 heterocycles. The highest BCUT2D eigenvalue weighted by atomic mass is 32.2. The molecule has 86 valence electrons. The van der Waals surface area contributed by atoms with E-state index in [1.165, 1.54) is 0 Å². The lowest BCUT2D eigenvalue weighted by Gasteiger charge is -2.19. The van der Waals surface area contributed by atoms with Crippen LogP contribution in [0.2, 0.25) is 0 Å². The first-order chi connectivity index (χ1) is 8.25. The quantitative estimate of drug-likeness (QED) is 0.773. The summed E-state index contributed by atoms with van der Waals surface area (Å²) in [7, 11) is 0. The molecule has 1 aliphatic heterocycles. The second kappa shape index (κ2) is 4.00. The predicted molar refractivity (Wildman–Crippen MR) is 68.5 cm³/mol. The number of fused-ring (bicyclic) bond motifs is 1. The van der Waals surface area contributed by atoms with Gasteiger partial charge >= 0.3 is 0 Å². The van der Waals surface area contributed by atoms with Gasteiger partial charge in [0, 0.05) is 0 Å². The van der Waals surface area contributed by atoms with Crippen molar-refractivity contribution in [2.45, 2.75) is 24.3 Å². The summed E-state index contributed by atoms with van der Waals surface area (Å²) in [5, 5.41) is 14.0. The van der Waals surface area contributed by atoms with Crippen molar-refractivity contribution in [2.24, 2.45) is 5.10 Å². The summed E-state index contributed by atoms with van der Waals surface area (Å²) >= 11 is 1.69. The molecule has 0 saturated carbocycles. The van der Waals surface area contributed by atoms with Crippen LogP contribution in [0, 0.1) is 6.92 Å². The molecule has 0 bridgehead atoms. The average molecular weight is 244 g/mol. The van der Waals surface area contributed by atoms with Gasteiger partial charge < -0.3 is 0 Å². The fraction of sp³-hybridized carbons (Fsp3) is 0.250. The number of hydrogen-bond acceptors (Lipinski definition) is 4. The molecule has 2 aromatic rings. The van der Waals surface area contributed by atoms with E-state index < -0.39 is 0 Å². The maximum atomic E-state index is 4.64. The average Bonchev–Trinajstić information content (AvgIpc) is 2.70. The van der Waals surface area contributed by atoms with Gasteiger partial charge in [0.25, 0.3) is 0 Å². The number of hydrogen-bond donors (Lipinski definition) is 0. The monoisotopic (exact) mass is 244 g/mol. The molecule has 1 aromatic heterocycles. The highest BCUT2D eigenvalue weighted by Crippen LogP contribution is 2.29. The standard InChI is InChI=1S/C12H12N4S/c1-8-11(10-6-4-3-5-7-10)15-16-9(2)13-14-12(16)17-8/h3-8H,1-2H3/t8-/m1/s1. The van der Waals surface area contributed by atoms with E-state index in [4.69, 9.17) is 0 Å². The molecule has 0 spiro atoms. The molecule has 0 N–H and O–H groups in total. The summed E-state index contributed by atoms with van der Waals surface area (Å²) in [5.41, 5.74) is 2.23. The summed E-state index contributed by atoms with van der Waals surface area (Å²) in [5.74, 6) is 0.827. The molecule has 3 rings (SSSR count). The van der Waals surface area contributed by atoms with Crippen LogP contribution in [-0.2, 0) is 0 Å². The molecule has 1 aromatic carbocycles. The van der Waals surface area contributed by atoms with Gasteiger partial charge in [-0.05, 0) is 19.4 Å². The zero-order valence-electron chi connectivity index (χ0n) is 9.66. The van der Waals surface area contributed by atoms with Crippen LogP contribution in [0.25, 0.3) is 0 Å². The Hall–Kier alpha value is -1.62. The Morgan fingerprint density at radius 2 is 1.94 bits per heavy atom. The van der Waals surface area contributed by atoms with E-state index in [1.807, 2.05) is 29.8 Å². The molecule has 0 unspecified atom stereocenters. The summed E-state index contributed by atoms with van der Waals surface area (Å²) in [6.07, 6.45) is 0. The minimum absolute atomic E-state index is 0.300. The third-order valence-electron chi connectivity index (χ3n) is 2.71. The topological polar surface area (TPSA) is 43.1 Å². The number of nitrogens with zero attached hydrogens (tertiary/aromatic N) is 4. The lowest BCUT2D eigenvalue weighted by molar-refractivity contribution is 0.727. The molecular formula is C12H12N4S. The van der Waals surface area contributed by atoms with Crippen LogP contribution in [0.4, 0.5) is 0 Å². The van der Waals surface area contributed by atoms with Gasteiger partial charge in [0.15, 0.2) is 5.82 Å². The Morgan fingerprint density at radius 1 is 1.18 bits per heavy atom. The number of thioether (sulfide) groups is 1. The van der Waals surface area contributed by atoms with Crippen LogP contribution in [0.5, 0.6) is 0 Å². The number of rotatable bonds is 1. The van der Waals surface area contributed by atoms with Crippen molar-refractivity contribution in [3.8, 4) is 0 Å². The van der Waals surface area contributed by atoms with Crippen LogP contribution >= 0.6 is 11.8 Å². The highest BCUT2D eigenvalue weighted by Gasteiger charge is 2.24. The Morgan fingerprint density at radius 3 is 2.71 bits per heavy atom. The molecule has 4 nitrogen and oxygen atoms in total. The van der Waals surface area contributed by atoms with Crippen LogP contribution in [0.1, 0.15) is 18.3 Å². The molecular weight excluding hydrogens is 232 g/mol. The largest absolute Gasteiger partial charge is 0.212 e. The fourth-order valence-electron chi connectivity index (χ4n) is 1.83. The van der Waals surface area contributed by atoms with Gasteiger partial charge in [0.1, 0.15) is 0 Å². The number of benzene rings is 1. The predicted octanol–water partition coefficient (Wildman–Crippen LogP) is 2.33. The van der Waals surface area contributed by atoms with Crippen LogP contribution in [-0.4, -0.2) is 25.8 Å². The zero-order valence-corrected chi connectivity index (χ0v) is 10.5. The Kier molecular flexibility index (Phi) is 2.48. The van der Waals surface area contributed by atoms with Crippen molar-refractivity contribution >= 4 is 17.5 Å². The second-order valence-electron chi connectivity index (χ2n) is 3.95. The van der Waals surface area contributed by atoms with Gasteiger partial charge in [-0.15, -0.1) is 10.2 Å². The van der Waals surface area contributed by atoms with E-state index in [0.717, 1.165) is 22.3 Å². The SMILES string of the molecule is Cc1nnc2n1N=C(c1ccccc1)[C@@H](C)S2. The summed E-state index contributed by atoms with van der Waals surface area (Å²) < 4.78 is 1.81. The first kappa shape index (κ1) is 10.5. The Bertz CT molecular complexity index is 573. The van der Waals surface area contributed by atoms with Gasteiger partial charge in [-0.2, -0.15) is 9.78 Å². The molecule has 0 fully saturated rings. The first-order valence-electron chi connectivity index (χ1n) is 5.48. The molecule has 17 heavy (non-hydrogen) atoms. The van der Waals surface area contributed by atoms with Gasteiger partial charge in [-0.25, -0.2) is 0 Å². The van der Waals surface area contributed by atoms with E-state index >= 15 is 0 Å². The van der Waals surface area contributed by atoms with Crippen LogP contribution < -0.4 is 0 Å². The third-order valence-corrected chi connectivity index (χ3v) is 3.75. The van der Waals surface area contributed by atoms with Crippen LogP contribution in [0.3, 0.4) is 0 Å². The van der Waals surface area contributed by atoms with Crippen LogP contribution in [0.15, 0.2) is 40.6 Å². The van der Waals surface area contributed by atoms with E-state index in [0.29, 0.717) is 5.25 Å². The third kappa shape index (κ3) is 1.76. The summed E-state index contributed by atoms with van der Waals surface area (Å²) in [6, 6.07) is 10.2. The molecule has 0 saturated heterocycles. The van der Waals surface area contributed by atoms with Gasteiger partial charge in [0.2, 0.25) is 5.16 Å². The van der Waals surface area contributed by atoms with Crippen molar-refractivity contribution in [2.75, 3.05) is 0 Å². The first-order valence-corrected chi connectivity index (χ1v) is 6.36. The molecule has 0 amide bonds. The van der Waals surface area contributed by atoms with Gasteiger partial charge in [0.05, 0.1) is 11.0 Å². The van der Waals surface area contributed by atoms with E-state index in [9.17, 15) is 0 Å². The number of aromatic nitrogens is 3. The Balaban J connectivity index is 2.12. The smallest absolute Gasteiger partial charge is 0.191 e. The van der Waals surface area contributed by atoms with E-state index in [2.05, 4.69) is 34.4 Å². The normalized spacial score (nSPS) is 18.7. The maximum Gasteiger partial charge on any atom is 0.212 e. The minimum Gasteiger partial charge on any atom is -0.191 e.